The first kappa shape index (κ1) is 16.3. The number of halogens is 3. The predicted octanol–water partition coefficient (Wildman–Crippen LogP) is 2.71. The van der Waals surface area contributed by atoms with Gasteiger partial charge in [-0.25, -0.2) is 0 Å². The van der Waals surface area contributed by atoms with Crippen molar-refractivity contribution in [2.24, 2.45) is 0 Å². The van der Waals surface area contributed by atoms with Crippen LogP contribution in [-0.4, -0.2) is 34.5 Å². The lowest BCUT2D eigenvalue weighted by molar-refractivity contribution is -0.139. The van der Waals surface area contributed by atoms with E-state index in [9.17, 15) is 22.8 Å². The van der Waals surface area contributed by atoms with Crippen LogP contribution in [0.3, 0.4) is 0 Å². The number of carbonyl (C=O) groups excluding carboxylic acids is 1. The molecule has 0 spiro atoms. The van der Waals surface area contributed by atoms with E-state index in [-0.39, 0.29) is 18.4 Å². The van der Waals surface area contributed by atoms with Gasteiger partial charge in [-0.1, -0.05) is 18.2 Å². The average Bonchev–Trinajstić information content (AvgIpc) is 2.85. The second kappa shape index (κ2) is 6.37. The Morgan fingerprint density at radius 3 is 2.59 bits per heavy atom. The molecule has 1 aromatic rings. The lowest BCUT2D eigenvalue weighted by Gasteiger charge is -2.24. The van der Waals surface area contributed by atoms with Gasteiger partial charge in [0.05, 0.1) is 18.4 Å². The SMILES string of the molecule is O=C(O)CC1CCCN1C(=O)Cc1ccccc1C(F)(F)F. The topological polar surface area (TPSA) is 57.6 Å². The zero-order valence-corrected chi connectivity index (χ0v) is 11.8. The third-order valence-corrected chi connectivity index (χ3v) is 3.77. The molecule has 22 heavy (non-hydrogen) atoms. The van der Waals surface area contributed by atoms with Gasteiger partial charge in [0.1, 0.15) is 0 Å². The summed E-state index contributed by atoms with van der Waals surface area (Å²) in [6.07, 6.45) is -3.82. The van der Waals surface area contributed by atoms with Crippen LogP contribution in [0.15, 0.2) is 24.3 Å². The molecular weight excluding hydrogens is 299 g/mol. The number of rotatable bonds is 4. The Hall–Kier alpha value is -2.05. The maximum atomic E-state index is 12.9. The zero-order valence-electron chi connectivity index (χ0n) is 11.8. The Morgan fingerprint density at radius 1 is 1.27 bits per heavy atom. The van der Waals surface area contributed by atoms with Crippen molar-refractivity contribution < 1.29 is 27.9 Å². The van der Waals surface area contributed by atoms with Crippen molar-refractivity contribution in [3.63, 3.8) is 0 Å². The summed E-state index contributed by atoms with van der Waals surface area (Å²) < 4.78 is 38.8. The third-order valence-electron chi connectivity index (χ3n) is 3.77. The second-order valence-electron chi connectivity index (χ2n) is 5.31. The minimum atomic E-state index is -4.51. The van der Waals surface area contributed by atoms with E-state index < -0.39 is 29.7 Å². The summed E-state index contributed by atoms with van der Waals surface area (Å²) in [6.45, 7) is 0.394. The number of carbonyl (C=O) groups is 2. The Bertz CT molecular complexity index is 571. The Labute approximate surface area is 125 Å². The number of benzene rings is 1. The molecule has 1 atom stereocenters. The average molecular weight is 315 g/mol. The number of hydrogen-bond acceptors (Lipinski definition) is 2. The molecule has 0 radical (unpaired) electrons. The van der Waals surface area contributed by atoms with E-state index in [1.54, 1.807) is 0 Å². The molecule has 1 heterocycles. The van der Waals surface area contributed by atoms with Crippen molar-refractivity contribution in [1.82, 2.24) is 4.90 Å². The lowest BCUT2D eigenvalue weighted by Crippen LogP contribution is -2.38. The highest BCUT2D eigenvalue weighted by Crippen LogP contribution is 2.32. The highest BCUT2D eigenvalue weighted by atomic mass is 19.4. The van der Waals surface area contributed by atoms with E-state index in [4.69, 9.17) is 5.11 Å². The quantitative estimate of drug-likeness (QED) is 0.929. The van der Waals surface area contributed by atoms with Crippen LogP contribution in [0.1, 0.15) is 30.4 Å². The van der Waals surface area contributed by atoms with Crippen molar-refractivity contribution in [1.29, 1.82) is 0 Å². The van der Waals surface area contributed by atoms with Gasteiger partial charge >= 0.3 is 12.1 Å². The minimum Gasteiger partial charge on any atom is -0.481 e. The van der Waals surface area contributed by atoms with Crippen LogP contribution in [0.4, 0.5) is 13.2 Å². The second-order valence-corrected chi connectivity index (χ2v) is 5.31. The van der Waals surface area contributed by atoms with Gasteiger partial charge in [-0.05, 0) is 24.5 Å². The molecule has 2 rings (SSSR count). The van der Waals surface area contributed by atoms with Crippen LogP contribution in [0, 0.1) is 0 Å². The maximum Gasteiger partial charge on any atom is 0.416 e. The van der Waals surface area contributed by atoms with Gasteiger partial charge in [0, 0.05) is 12.6 Å². The fourth-order valence-electron chi connectivity index (χ4n) is 2.79. The normalized spacial score (nSPS) is 18.5. The fraction of sp³-hybridized carbons (Fsp3) is 0.467. The Kier molecular flexibility index (Phi) is 4.73. The van der Waals surface area contributed by atoms with Gasteiger partial charge in [0.2, 0.25) is 5.91 Å². The summed E-state index contributed by atoms with van der Waals surface area (Å²) in [5.74, 6) is -1.47. The molecule has 1 unspecified atom stereocenters. The van der Waals surface area contributed by atoms with E-state index in [1.807, 2.05) is 0 Å². The summed E-state index contributed by atoms with van der Waals surface area (Å²) in [7, 11) is 0. The molecular formula is C15H16F3NO3. The maximum absolute atomic E-state index is 12.9. The molecule has 0 aliphatic carbocycles. The van der Waals surface area contributed by atoms with Crippen molar-refractivity contribution in [2.45, 2.75) is 37.9 Å². The summed E-state index contributed by atoms with van der Waals surface area (Å²) >= 11 is 0. The fourth-order valence-corrected chi connectivity index (χ4v) is 2.79. The number of nitrogens with zero attached hydrogens (tertiary/aromatic N) is 1. The zero-order chi connectivity index (χ0) is 16.3. The van der Waals surface area contributed by atoms with Crippen molar-refractivity contribution in [3.8, 4) is 0 Å². The van der Waals surface area contributed by atoms with Crippen LogP contribution in [0.2, 0.25) is 0 Å². The van der Waals surface area contributed by atoms with Gasteiger partial charge in [-0.3, -0.25) is 9.59 Å². The molecule has 1 fully saturated rings. The van der Waals surface area contributed by atoms with Gasteiger partial charge in [0.25, 0.3) is 0 Å². The number of aliphatic carboxylic acids is 1. The van der Waals surface area contributed by atoms with Gasteiger partial charge in [-0.15, -0.1) is 0 Å². The minimum absolute atomic E-state index is 0.0824. The number of hydrogen-bond donors (Lipinski definition) is 1. The van der Waals surface area contributed by atoms with Crippen molar-refractivity contribution >= 4 is 11.9 Å². The molecule has 0 saturated carbocycles. The molecule has 120 valence electrons. The summed E-state index contributed by atoms with van der Waals surface area (Å²) in [4.78, 5) is 24.4. The van der Waals surface area contributed by atoms with Gasteiger partial charge in [-0.2, -0.15) is 13.2 Å². The molecule has 7 heteroatoms. The van der Waals surface area contributed by atoms with Crippen LogP contribution in [0.25, 0.3) is 0 Å². The number of amides is 1. The molecule has 1 N–H and O–H groups in total. The van der Waals surface area contributed by atoms with Crippen LogP contribution in [-0.2, 0) is 22.2 Å². The molecule has 0 bridgehead atoms. The van der Waals surface area contributed by atoms with Crippen molar-refractivity contribution in [2.75, 3.05) is 6.54 Å². The summed E-state index contributed by atoms with van der Waals surface area (Å²) in [5, 5.41) is 8.83. The molecule has 1 aromatic carbocycles. The van der Waals surface area contributed by atoms with E-state index >= 15 is 0 Å². The van der Waals surface area contributed by atoms with Gasteiger partial charge < -0.3 is 10.0 Å². The van der Waals surface area contributed by atoms with Crippen LogP contribution in [0.5, 0.6) is 0 Å². The number of likely N-dealkylation sites (tertiary alicyclic amines) is 1. The number of carboxylic acid groups (broad SMARTS) is 1. The third kappa shape index (κ3) is 3.78. The standard InChI is InChI=1S/C15H16F3NO3/c16-15(17,18)12-6-2-1-4-10(12)8-13(20)19-7-3-5-11(19)9-14(21)22/h1-2,4,6,11H,3,5,7-9H2,(H,21,22). The Morgan fingerprint density at radius 2 is 1.95 bits per heavy atom. The van der Waals surface area contributed by atoms with E-state index in [2.05, 4.69) is 0 Å². The molecule has 1 aliphatic heterocycles. The number of carboxylic acids is 1. The van der Waals surface area contributed by atoms with E-state index in [1.165, 1.54) is 23.1 Å². The first-order valence-corrected chi connectivity index (χ1v) is 6.95. The van der Waals surface area contributed by atoms with Crippen LogP contribution >= 0.6 is 0 Å². The summed E-state index contributed by atoms with van der Waals surface area (Å²) in [5.41, 5.74) is -0.904. The highest BCUT2D eigenvalue weighted by molar-refractivity contribution is 5.80. The van der Waals surface area contributed by atoms with E-state index in [0.29, 0.717) is 19.4 Å². The van der Waals surface area contributed by atoms with Gasteiger partial charge in [0.15, 0.2) is 0 Å². The van der Waals surface area contributed by atoms with Crippen molar-refractivity contribution in [3.05, 3.63) is 35.4 Å². The predicted molar refractivity (Wildman–Crippen MR) is 72.1 cm³/mol. The van der Waals surface area contributed by atoms with E-state index in [0.717, 1.165) is 6.07 Å². The molecule has 1 aliphatic rings. The molecule has 1 amide bonds. The summed E-state index contributed by atoms with van der Waals surface area (Å²) in [6, 6.07) is 4.53. The molecule has 4 nitrogen and oxygen atoms in total. The monoisotopic (exact) mass is 315 g/mol. The molecule has 1 saturated heterocycles. The smallest absolute Gasteiger partial charge is 0.416 e. The first-order chi connectivity index (χ1) is 10.3. The lowest BCUT2D eigenvalue weighted by atomic mass is 10.0. The van der Waals surface area contributed by atoms with Crippen LogP contribution < -0.4 is 0 Å². The first-order valence-electron chi connectivity index (χ1n) is 6.95. The molecule has 0 aromatic heterocycles. The Balaban J connectivity index is 2.14. The highest BCUT2D eigenvalue weighted by Gasteiger charge is 2.35. The largest absolute Gasteiger partial charge is 0.481 e. The number of alkyl halides is 3.